The third-order valence-corrected chi connectivity index (χ3v) is 12.2. The Bertz CT molecular complexity index is 683. The van der Waals surface area contributed by atoms with Gasteiger partial charge in [0.05, 0.1) is 16.2 Å². The Balaban J connectivity index is 7.05. The van der Waals surface area contributed by atoms with E-state index < -0.39 is 31.4 Å². The largest absolute Gasteiger partial charge is 1.20 e. The monoisotopic (exact) mass is 709 g/mol. The molecule has 0 aromatic carbocycles. The second-order valence-electron chi connectivity index (χ2n) is 15.3. The lowest BCUT2D eigenvalue weighted by molar-refractivity contribution is -0.163. The predicted molar refractivity (Wildman–Crippen MR) is 207 cm³/mol. The molecule has 0 bridgehead atoms. The summed E-state index contributed by atoms with van der Waals surface area (Å²) in [6.45, 7) is 19.4. The lowest BCUT2D eigenvalue weighted by atomic mass is 9.74. The summed E-state index contributed by atoms with van der Waals surface area (Å²) in [6.07, 6.45) is 23.9. The van der Waals surface area contributed by atoms with Crippen molar-refractivity contribution >= 4 is 33.1 Å². The molecule has 0 atom stereocenters. The van der Waals surface area contributed by atoms with Crippen LogP contribution in [0.5, 0.6) is 0 Å². The molecule has 0 aliphatic heterocycles. The minimum Gasteiger partial charge on any atom is -0.550 e. The van der Waals surface area contributed by atoms with Crippen molar-refractivity contribution in [3.8, 4) is 0 Å². The number of unbranched alkanes of at least 4 members (excludes halogenated alkanes) is 9. The summed E-state index contributed by atoms with van der Waals surface area (Å²) in [4.78, 5) is 43.6. The second kappa shape index (κ2) is 28.5. The van der Waals surface area contributed by atoms with Crippen LogP contribution in [0.2, 0.25) is 0 Å². The minimum atomic E-state index is -3.56. The highest BCUT2D eigenvalue weighted by Crippen LogP contribution is 2.42. The zero-order valence-electron chi connectivity index (χ0n) is 34.1. The van der Waals surface area contributed by atoms with Gasteiger partial charge in [-0.3, -0.25) is 14.4 Å². The fourth-order valence-electron chi connectivity index (χ4n) is 7.39. The van der Waals surface area contributed by atoms with Gasteiger partial charge in [0.25, 0.3) is 17.9 Å². The molecule has 0 aromatic heterocycles. The molecule has 0 aliphatic rings. The van der Waals surface area contributed by atoms with Gasteiger partial charge in [0.1, 0.15) is 0 Å². The summed E-state index contributed by atoms with van der Waals surface area (Å²) in [7, 11) is 0. The maximum Gasteiger partial charge on any atom is 1.20 e. The Morgan fingerprint density at radius 3 is 0.592 bits per heavy atom. The van der Waals surface area contributed by atoms with Crippen LogP contribution in [-0.4, -0.2) is 33.1 Å². The molecule has 49 heavy (non-hydrogen) atoms. The minimum absolute atomic E-state index is 0.317. The van der Waals surface area contributed by atoms with Gasteiger partial charge in [-0.1, -0.05) is 178 Å². The molecule has 0 amide bonds. The van der Waals surface area contributed by atoms with Crippen LogP contribution in [-0.2, 0) is 25.7 Å². The Morgan fingerprint density at radius 1 is 0.327 bits per heavy atom. The fourth-order valence-corrected chi connectivity index (χ4v) is 8.81. The van der Waals surface area contributed by atoms with E-state index in [0.717, 1.165) is 173 Å². The van der Waals surface area contributed by atoms with Crippen molar-refractivity contribution in [3.63, 3.8) is 0 Å². The average Bonchev–Trinajstić information content (AvgIpc) is 3.10. The standard InChI is InChI=1S/3C14H28O2.Al/c3*1-4-7-10-14(13(15)16,11-8-5-2)12-9-6-3;/h3*4-12H2,1-3H3,(H,15,16);/q;;;+3/p-3. The van der Waals surface area contributed by atoms with E-state index in [1.807, 2.05) is 0 Å². The van der Waals surface area contributed by atoms with Crippen molar-refractivity contribution in [2.24, 2.45) is 16.2 Å². The molecule has 0 unspecified atom stereocenters. The zero-order chi connectivity index (χ0) is 37.0. The van der Waals surface area contributed by atoms with Crippen molar-refractivity contribution < 1.29 is 25.7 Å². The molecule has 0 rings (SSSR count). The number of hydrogen-bond donors (Lipinski definition) is 0. The number of hydrogen-bond acceptors (Lipinski definition) is 6. The highest BCUT2D eigenvalue weighted by molar-refractivity contribution is 6.44. The van der Waals surface area contributed by atoms with E-state index in [2.05, 4.69) is 62.3 Å². The van der Waals surface area contributed by atoms with Gasteiger partial charge >= 0.3 is 15.1 Å². The molecule has 0 N–H and O–H groups in total. The molecule has 6 nitrogen and oxygen atoms in total. The Labute approximate surface area is 309 Å². The molecular weight excluding hydrogens is 627 g/mol. The van der Waals surface area contributed by atoms with Gasteiger partial charge in [-0.05, 0) is 57.8 Å². The summed E-state index contributed by atoms with van der Waals surface area (Å²) in [5.74, 6) is -0.951. The first kappa shape index (κ1) is 47.9. The lowest BCUT2D eigenvalue weighted by Gasteiger charge is -2.36. The molecule has 288 valence electrons. The van der Waals surface area contributed by atoms with Crippen LogP contribution < -0.4 is 0 Å². The van der Waals surface area contributed by atoms with Gasteiger partial charge in [0.15, 0.2) is 0 Å². The van der Waals surface area contributed by atoms with Crippen molar-refractivity contribution in [2.45, 2.75) is 236 Å². The third-order valence-electron chi connectivity index (χ3n) is 11.0. The van der Waals surface area contributed by atoms with Gasteiger partial charge in [0, 0.05) is 0 Å². The summed E-state index contributed by atoms with van der Waals surface area (Å²) >= 11 is -3.56. The van der Waals surface area contributed by atoms with Crippen molar-refractivity contribution in [3.05, 3.63) is 0 Å². The summed E-state index contributed by atoms with van der Waals surface area (Å²) in [5, 5.41) is 0. The number of carbonyl (C=O) groups excluding carboxylic acids is 3. The van der Waals surface area contributed by atoms with Crippen LogP contribution >= 0.6 is 0 Å². The maximum atomic E-state index is 14.5. The zero-order valence-corrected chi connectivity index (χ0v) is 35.3. The summed E-state index contributed by atoms with van der Waals surface area (Å²) in [6, 6.07) is 0. The van der Waals surface area contributed by atoms with Crippen LogP contribution in [0.1, 0.15) is 236 Å². The van der Waals surface area contributed by atoms with E-state index in [1.54, 1.807) is 0 Å². The highest BCUT2D eigenvalue weighted by Gasteiger charge is 2.57. The topological polar surface area (TPSA) is 78.9 Å². The molecule has 0 aromatic rings. The lowest BCUT2D eigenvalue weighted by Crippen LogP contribution is -2.47. The van der Waals surface area contributed by atoms with E-state index in [-0.39, 0.29) is 17.9 Å². The van der Waals surface area contributed by atoms with E-state index in [4.69, 9.17) is 11.4 Å². The SMILES string of the molecule is CCCCC(CCCC)(CCCC)C(=O)[O][Al]([O]C(=O)C(CCCC)(CCCC)CCCC)[O]C(=O)C(CCCC)(CCCC)CCCC. The number of rotatable bonds is 33. The molecule has 0 aliphatic carbocycles. The average molecular weight is 709 g/mol. The van der Waals surface area contributed by atoms with E-state index in [9.17, 15) is 14.4 Å². The second-order valence-corrected chi connectivity index (χ2v) is 16.6. The molecular formula is C42H81AlO6. The molecule has 0 saturated heterocycles. The summed E-state index contributed by atoms with van der Waals surface area (Å²) < 4.78 is 19.1. The first-order valence-corrected chi connectivity index (χ1v) is 22.6. The molecule has 0 saturated carbocycles. The van der Waals surface area contributed by atoms with Crippen molar-refractivity contribution in [1.29, 1.82) is 0 Å². The molecule has 7 heteroatoms. The van der Waals surface area contributed by atoms with Gasteiger partial charge in [-0.15, -0.1) is 0 Å². The van der Waals surface area contributed by atoms with E-state index in [0.29, 0.717) is 0 Å². The quantitative estimate of drug-likeness (QED) is 0.0632. The van der Waals surface area contributed by atoms with Crippen LogP contribution in [0.25, 0.3) is 0 Å². The summed E-state index contributed by atoms with van der Waals surface area (Å²) in [5.41, 5.74) is -1.96. The van der Waals surface area contributed by atoms with Gasteiger partial charge < -0.3 is 11.4 Å². The van der Waals surface area contributed by atoms with Gasteiger partial charge in [-0.25, -0.2) is 0 Å². The smallest absolute Gasteiger partial charge is 0.550 e. The first-order chi connectivity index (χ1) is 23.6. The molecule has 0 fully saturated rings. The fraction of sp³-hybridized carbons (Fsp3) is 0.929. The van der Waals surface area contributed by atoms with Crippen LogP contribution in [0.3, 0.4) is 0 Å². The normalized spacial score (nSPS) is 12.2. The predicted octanol–water partition coefficient (Wildman–Crippen LogP) is 13.3. The number of carbonyl (C=O) groups is 3. The van der Waals surface area contributed by atoms with E-state index >= 15 is 0 Å². The third kappa shape index (κ3) is 17.3. The Morgan fingerprint density at radius 2 is 0.469 bits per heavy atom. The van der Waals surface area contributed by atoms with Crippen LogP contribution in [0, 0.1) is 16.2 Å². The van der Waals surface area contributed by atoms with Crippen LogP contribution in [0.4, 0.5) is 0 Å². The molecule has 0 radical (unpaired) electrons. The van der Waals surface area contributed by atoms with Crippen LogP contribution in [0.15, 0.2) is 0 Å². The maximum absolute atomic E-state index is 14.5. The highest BCUT2D eigenvalue weighted by atomic mass is 27.3. The molecule has 0 heterocycles. The van der Waals surface area contributed by atoms with Crippen molar-refractivity contribution in [2.75, 3.05) is 0 Å². The van der Waals surface area contributed by atoms with Gasteiger partial charge in [0.2, 0.25) is 0 Å². The Hall–Kier alpha value is -1.06. The van der Waals surface area contributed by atoms with Gasteiger partial charge in [-0.2, -0.15) is 0 Å². The van der Waals surface area contributed by atoms with E-state index in [1.165, 1.54) is 0 Å². The van der Waals surface area contributed by atoms with Crippen molar-refractivity contribution in [1.82, 2.24) is 0 Å². The Kier molecular flexibility index (Phi) is 27.9. The first-order valence-electron chi connectivity index (χ1n) is 21.2. The molecule has 0 spiro atoms.